The van der Waals surface area contributed by atoms with E-state index in [9.17, 15) is 19.4 Å². The maximum absolute atomic E-state index is 13.0. The van der Waals surface area contributed by atoms with Crippen LogP contribution in [0.15, 0.2) is 48.6 Å². The van der Waals surface area contributed by atoms with Crippen molar-refractivity contribution in [3.05, 3.63) is 48.6 Å². The van der Waals surface area contributed by atoms with E-state index in [-0.39, 0.29) is 12.5 Å². The van der Waals surface area contributed by atoms with Crippen molar-refractivity contribution in [2.45, 2.75) is 276 Å². The van der Waals surface area contributed by atoms with Gasteiger partial charge in [-0.2, -0.15) is 0 Å². The molecule has 0 rings (SSSR count). The number of hydrogen-bond acceptors (Lipinski definition) is 6. The summed E-state index contributed by atoms with van der Waals surface area (Å²) in [5.41, 5.74) is 0. The lowest BCUT2D eigenvalue weighted by atomic mass is 10.0. The maximum Gasteiger partial charge on any atom is 0.268 e. The molecule has 0 bridgehead atoms. The first-order valence-corrected chi connectivity index (χ1v) is 30.0. The van der Waals surface area contributed by atoms with Crippen molar-refractivity contribution in [3.63, 3.8) is 0 Å². The van der Waals surface area contributed by atoms with Gasteiger partial charge in [-0.25, -0.2) is 0 Å². The van der Waals surface area contributed by atoms with E-state index in [2.05, 4.69) is 55.6 Å². The number of aliphatic hydroxyl groups is 1. The van der Waals surface area contributed by atoms with Crippen molar-refractivity contribution in [2.24, 2.45) is 0 Å². The number of aliphatic hydroxyl groups excluding tert-OH is 1. The molecule has 0 aromatic heterocycles. The zero-order valence-electron chi connectivity index (χ0n) is 44.9. The van der Waals surface area contributed by atoms with Gasteiger partial charge in [0.25, 0.3) is 7.82 Å². The van der Waals surface area contributed by atoms with Crippen LogP contribution in [0, 0.1) is 0 Å². The summed E-state index contributed by atoms with van der Waals surface area (Å²) in [4.78, 5) is 25.5. The minimum absolute atomic E-state index is 0.00878. The third-order valence-corrected chi connectivity index (χ3v) is 13.7. The number of allylic oxidation sites excluding steroid dienone is 7. The molecule has 394 valence electrons. The molecule has 0 fully saturated rings. The number of hydrogen-bond donors (Lipinski definition) is 2. The van der Waals surface area contributed by atoms with Gasteiger partial charge in [0.05, 0.1) is 39.9 Å². The maximum atomic E-state index is 13.0. The Kier molecular flexibility index (Phi) is 48.3. The van der Waals surface area contributed by atoms with Gasteiger partial charge in [0, 0.05) is 6.42 Å². The van der Waals surface area contributed by atoms with Gasteiger partial charge >= 0.3 is 0 Å². The molecule has 0 spiro atoms. The van der Waals surface area contributed by atoms with Crippen molar-refractivity contribution in [1.82, 2.24) is 5.32 Å². The van der Waals surface area contributed by atoms with Crippen LogP contribution in [0.25, 0.3) is 0 Å². The Morgan fingerprint density at radius 1 is 0.522 bits per heavy atom. The first kappa shape index (κ1) is 65.5. The number of likely N-dealkylation sites (N-methyl/N-ethyl adjacent to an activating group) is 1. The van der Waals surface area contributed by atoms with Crippen molar-refractivity contribution in [2.75, 3.05) is 40.9 Å². The minimum atomic E-state index is -4.61. The lowest BCUT2D eigenvalue weighted by Gasteiger charge is -2.29. The first-order chi connectivity index (χ1) is 32.5. The molecule has 0 aliphatic carbocycles. The molecule has 9 heteroatoms. The predicted octanol–water partition coefficient (Wildman–Crippen LogP) is 16.5. The van der Waals surface area contributed by atoms with Crippen molar-refractivity contribution in [1.29, 1.82) is 0 Å². The van der Waals surface area contributed by atoms with E-state index in [0.717, 1.165) is 57.8 Å². The highest BCUT2D eigenvalue weighted by molar-refractivity contribution is 7.45. The molecule has 0 saturated carbocycles. The summed E-state index contributed by atoms with van der Waals surface area (Å²) in [7, 11) is 1.24. The molecule has 0 radical (unpaired) electrons. The quantitative estimate of drug-likeness (QED) is 0.0272. The Labute approximate surface area is 416 Å². The van der Waals surface area contributed by atoms with Gasteiger partial charge in [0.2, 0.25) is 5.91 Å². The molecule has 2 N–H and O–H groups in total. The Hall–Kier alpha value is -1.54. The summed E-state index contributed by atoms with van der Waals surface area (Å²) in [6.07, 6.45) is 64.7. The zero-order valence-corrected chi connectivity index (χ0v) is 45.7. The number of unbranched alkanes of at least 4 members (excludes halogenated alkanes) is 33. The highest BCUT2D eigenvalue weighted by Crippen LogP contribution is 2.38. The lowest BCUT2D eigenvalue weighted by Crippen LogP contribution is -2.45. The molecule has 0 heterocycles. The number of amides is 1. The van der Waals surface area contributed by atoms with Gasteiger partial charge in [-0.3, -0.25) is 9.36 Å². The molecule has 0 aromatic carbocycles. The van der Waals surface area contributed by atoms with E-state index < -0.39 is 26.6 Å². The molecule has 0 aliphatic rings. The predicted molar refractivity (Wildman–Crippen MR) is 288 cm³/mol. The summed E-state index contributed by atoms with van der Waals surface area (Å²) in [5, 5.41) is 13.9. The number of quaternary nitrogens is 1. The number of carbonyl (C=O) groups excluding carboxylic acids is 1. The number of nitrogens with zero attached hydrogens (tertiary/aromatic N) is 1. The van der Waals surface area contributed by atoms with Crippen LogP contribution < -0.4 is 10.2 Å². The summed E-state index contributed by atoms with van der Waals surface area (Å²) in [6.45, 7) is 4.65. The highest BCUT2D eigenvalue weighted by Gasteiger charge is 2.23. The van der Waals surface area contributed by atoms with Gasteiger partial charge in [0.15, 0.2) is 0 Å². The van der Waals surface area contributed by atoms with Crippen LogP contribution in [-0.2, 0) is 18.4 Å². The summed E-state index contributed by atoms with van der Waals surface area (Å²) < 4.78 is 23.3. The Bertz CT molecular complexity index is 1230. The molecular formula is C58H111N2O6P. The number of rotatable bonds is 52. The molecule has 0 saturated heterocycles. The molecular weight excluding hydrogens is 852 g/mol. The average molecular weight is 964 g/mol. The van der Waals surface area contributed by atoms with E-state index in [1.54, 1.807) is 6.08 Å². The standard InChI is InChI=1S/C58H111N2O6P/c1-6-8-10-12-14-16-18-20-22-24-26-28-30-32-34-36-38-40-42-44-46-48-50-52-58(62)59-56(55-66-67(63,64)65-54-53-60(3,4)5)57(61)51-49-47-45-43-41-39-37-35-33-31-29-27-25-23-21-19-17-15-13-11-9-7-2/h26,28,32,34,41,43,49,51,56-57,61H,6-25,27,29-31,33,35-40,42,44-48,50,52-55H2,1-5H3,(H-,59,62,63,64)/b28-26-,34-32-,43-41+,51-49+. The fraction of sp³-hybridized carbons (Fsp3) is 0.845. The highest BCUT2D eigenvalue weighted by atomic mass is 31.2. The normalized spacial score (nSPS) is 14.3. The van der Waals surface area contributed by atoms with E-state index >= 15 is 0 Å². The van der Waals surface area contributed by atoms with Crippen LogP contribution in [0.3, 0.4) is 0 Å². The average Bonchev–Trinajstić information content (AvgIpc) is 3.29. The van der Waals surface area contributed by atoms with E-state index in [1.807, 2.05) is 27.2 Å². The summed E-state index contributed by atoms with van der Waals surface area (Å²) >= 11 is 0. The molecule has 3 unspecified atom stereocenters. The largest absolute Gasteiger partial charge is 0.756 e. The number of carbonyl (C=O) groups is 1. The second kappa shape index (κ2) is 49.4. The molecule has 67 heavy (non-hydrogen) atoms. The lowest BCUT2D eigenvalue weighted by molar-refractivity contribution is -0.870. The van der Waals surface area contributed by atoms with Gasteiger partial charge in [0.1, 0.15) is 13.2 Å². The number of phosphoric ester groups is 1. The smallest absolute Gasteiger partial charge is 0.268 e. The molecule has 8 nitrogen and oxygen atoms in total. The Morgan fingerprint density at radius 3 is 1.30 bits per heavy atom. The van der Waals surface area contributed by atoms with Crippen molar-refractivity contribution < 1.29 is 32.9 Å². The summed E-state index contributed by atoms with van der Waals surface area (Å²) in [5.74, 6) is -0.213. The third-order valence-electron chi connectivity index (χ3n) is 12.8. The molecule has 0 aliphatic heterocycles. The second-order valence-corrected chi connectivity index (χ2v) is 22.0. The molecule has 0 aromatic rings. The Morgan fingerprint density at radius 2 is 0.881 bits per heavy atom. The third kappa shape index (κ3) is 52.1. The summed E-state index contributed by atoms with van der Waals surface area (Å²) in [6, 6.07) is -0.909. The van der Waals surface area contributed by atoms with Gasteiger partial charge in [-0.1, -0.05) is 242 Å². The van der Waals surface area contributed by atoms with Gasteiger partial charge < -0.3 is 28.8 Å². The SMILES string of the molecule is CCCCCCCCCCC/C=C\C/C=C\CCCCCCCCCC(=O)NC(COP(=O)([O-])OCC[N+](C)(C)C)C(O)/C=C/CC/C=C/CCCCCCCCCCCCCCCCCC. The van der Waals surface area contributed by atoms with Gasteiger partial charge in [-0.05, 0) is 64.2 Å². The van der Waals surface area contributed by atoms with Crippen LogP contribution in [0.2, 0.25) is 0 Å². The van der Waals surface area contributed by atoms with Crippen molar-refractivity contribution in [3.8, 4) is 0 Å². The van der Waals surface area contributed by atoms with Crippen LogP contribution in [0.5, 0.6) is 0 Å². The van der Waals surface area contributed by atoms with E-state index in [1.165, 1.54) is 186 Å². The van der Waals surface area contributed by atoms with Crippen LogP contribution in [0.4, 0.5) is 0 Å². The van der Waals surface area contributed by atoms with Crippen LogP contribution >= 0.6 is 7.82 Å². The number of phosphoric acid groups is 1. The fourth-order valence-electron chi connectivity index (χ4n) is 8.26. The second-order valence-electron chi connectivity index (χ2n) is 20.6. The van der Waals surface area contributed by atoms with E-state index in [4.69, 9.17) is 9.05 Å². The molecule has 1 amide bonds. The van der Waals surface area contributed by atoms with E-state index in [0.29, 0.717) is 17.4 Å². The van der Waals surface area contributed by atoms with Crippen molar-refractivity contribution >= 4 is 13.7 Å². The zero-order chi connectivity index (χ0) is 49.2. The van der Waals surface area contributed by atoms with Gasteiger partial charge in [-0.15, -0.1) is 0 Å². The van der Waals surface area contributed by atoms with Crippen LogP contribution in [0.1, 0.15) is 264 Å². The fourth-order valence-corrected chi connectivity index (χ4v) is 8.98. The topological polar surface area (TPSA) is 108 Å². The molecule has 3 atom stereocenters. The van der Waals surface area contributed by atoms with Crippen LogP contribution in [-0.4, -0.2) is 68.5 Å². The monoisotopic (exact) mass is 963 g/mol. The Balaban J connectivity index is 4.30. The first-order valence-electron chi connectivity index (χ1n) is 28.5. The minimum Gasteiger partial charge on any atom is -0.756 e. The number of nitrogens with one attached hydrogen (secondary N) is 1.